The maximum Gasteiger partial charge on any atom is 0.573 e. The van der Waals surface area contributed by atoms with Gasteiger partial charge in [0, 0.05) is 6.08 Å². The molecule has 2 aromatic rings. The molecule has 0 saturated carbocycles. The molecular weight excluding hydrogens is 365 g/mol. The zero-order valence-corrected chi connectivity index (χ0v) is 14.2. The maximum atomic E-state index is 12.1. The molecule has 0 radical (unpaired) electrons. The number of ether oxygens (including phenoxy) is 3. The van der Waals surface area contributed by atoms with E-state index in [0.29, 0.717) is 11.3 Å². The summed E-state index contributed by atoms with van der Waals surface area (Å²) >= 11 is 0. The van der Waals surface area contributed by atoms with E-state index in [9.17, 15) is 22.8 Å². The van der Waals surface area contributed by atoms with Gasteiger partial charge >= 0.3 is 12.3 Å². The first-order valence-corrected chi connectivity index (χ1v) is 7.65. The van der Waals surface area contributed by atoms with Crippen molar-refractivity contribution in [1.82, 2.24) is 0 Å². The Balaban J connectivity index is 1.89. The Hall–Kier alpha value is -3.29. The molecule has 0 spiro atoms. The molecule has 8 heteroatoms. The number of hydrogen-bond donors (Lipinski definition) is 0. The molecule has 0 N–H and O–H groups in total. The van der Waals surface area contributed by atoms with Crippen LogP contribution in [0.3, 0.4) is 0 Å². The Labute approximate surface area is 153 Å². The maximum absolute atomic E-state index is 12.1. The van der Waals surface area contributed by atoms with Crippen LogP contribution in [-0.4, -0.2) is 31.8 Å². The van der Waals surface area contributed by atoms with Gasteiger partial charge in [-0.1, -0.05) is 24.3 Å². The van der Waals surface area contributed by atoms with Gasteiger partial charge in [-0.2, -0.15) is 0 Å². The first-order valence-electron chi connectivity index (χ1n) is 7.65. The van der Waals surface area contributed by atoms with Crippen LogP contribution in [0.25, 0.3) is 6.08 Å². The summed E-state index contributed by atoms with van der Waals surface area (Å²) in [6.45, 7) is -0.470. The van der Waals surface area contributed by atoms with Crippen LogP contribution in [0, 0.1) is 0 Å². The number of carbonyl (C=O) groups excluding carboxylic acids is 2. The summed E-state index contributed by atoms with van der Waals surface area (Å²) in [5, 5.41) is 0. The number of hydrogen-bond acceptors (Lipinski definition) is 5. The molecule has 0 saturated heterocycles. The molecule has 0 aromatic heterocycles. The summed E-state index contributed by atoms with van der Waals surface area (Å²) in [5.74, 6) is -1.20. The quantitative estimate of drug-likeness (QED) is 0.412. The number of esters is 1. The zero-order valence-electron chi connectivity index (χ0n) is 14.2. The number of alkyl halides is 3. The summed E-state index contributed by atoms with van der Waals surface area (Å²) in [7, 11) is 1.42. The van der Waals surface area contributed by atoms with Crippen molar-refractivity contribution in [2.45, 2.75) is 6.36 Å². The first kappa shape index (κ1) is 20.0. The fraction of sp³-hybridized carbons (Fsp3) is 0.158. The molecule has 2 rings (SSSR count). The lowest BCUT2D eigenvalue weighted by molar-refractivity contribution is -0.274. The molecule has 5 nitrogen and oxygen atoms in total. The van der Waals surface area contributed by atoms with E-state index in [1.807, 2.05) is 0 Å². The smallest absolute Gasteiger partial charge is 0.496 e. The van der Waals surface area contributed by atoms with Gasteiger partial charge in [0.15, 0.2) is 6.61 Å². The number of halogens is 3. The lowest BCUT2D eigenvalue weighted by Crippen LogP contribution is -2.16. The molecule has 0 fully saturated rings. The van der Waals surface area contributed by atoms with Gasteiger partial charge in [0.05, 0.1) is 12.7 Å². The second-order valence-corrected chi connectivity index (χ2v) is 5.18. The molecule has 0 bridgehead atoms. The van der Waals surface area contributed by atoms with E-state index in [1.165, 1.54) is 25.3 Å². The number of benzene rings is 2. The number of rotatable bonds is 7. The molecule has 142 valence electrons. The summed E-state index contributed by atoms with van der Waals surface area (Å²) in [6.07, 6.45) is -2.36. The lowest BCUT2D eigenvalue weighted by Gasteiger charge is -2.08. The summed E-state index contributed by atoms with van der Waals surface area (Å²) in [6, 6.07) is 11.4. The Bertz CT molecular complexity index is 826. The van der Waals surface area contributed by atoms with Gasteiger partial charge in [-0.3, -0.25) is 4.79 Å². The average Bonchev–Trinajstić information content (AvgIpc) is 2.64. The van der Waals surface area contributed by atoms with Crippen molar-refractivity contribution >= 4 is 17.8 Å². The topological polar surface area (TPSA) is 61.8 Å². The predicted molar refractivity (Wildman–Crippen MR) is 90.4 cm³/mol. The molecule has 0 amide bonds. The summed E-state index contributed by atoms with van der Waals surface area (Å²) in [4.78, 5) is 23.8. The second-order valence-electron chi connectivity index (χ2n) is 5.18. The Kier molecular flexibility index (Phi) is 6.59. The largest absolute Gasteiger partial charge is 0.573 e. The molecular formula is C19H15F3O5. The Morgan fingerprint density at radius 2 is 1.70 bits per heavy atom. The van der Waals surface area contributed by atoms with Crippen LogP contribution in [0.4, 0.5) is 13.2 Å². The molecule has 0 aliphatic carbocycles. The van der Waals surface area contributed by atoms with Gasteiger partial charge < -0.3 is 14.2 Å². The third-order valence-electron chi connectivity index (χ3n) is 3.28. The highest BCUT2D eigenvalue weighted by molar-refractivity contribution is 6.01. The van der Waals surface area contributed by atoms with Crippen molar-refractivity contribution in [3.05, 3.63) is 65.7 Å². The van der Waals surface area contributed by atoms with Crippen molar-refractivity contribution in [3.8, 4) is 11.5 Å². The SMILES string of the molecule is COc1ccccc1C(=O)COC(=O)/C=C/c1ccc(OC(F)(F)F)cc1. The van der Waals surface area contributed by atoms with Crippen molar-refractivity contribution in [1.29, 1.82) is 0 Å². The molecule has 0 heterocycles. The standard InChI is InChI=1S/C19H15F3O5/c1-25-17-5-3-2-4-15(17)16(23)12-26-18(24)11-8-13-6-9-14(10-7-13)27-19(20,21)22/h2-11H,12H2,1H3/b11-8+. The molecule has 0 unspecified atom stereocenters. The van der Waals surface area contributed by atoms with E-state index < -0.39 is 24.7 Å². The number of para-hydroxylation sites is 1. The number of ketones is 1. The van der Waals surface area contributed by atoms with Gasteiger partial charge in [0.25, 0.3) is 0 Å². The predicted octanol–water partition coefficient (Wildman–Crippen LogP) is 4.03. The van der Waals surface area contributed by atoms with Crippen molar-refractivity contribution in [3.63, 3.8) is 0 Å². The van der Waals surface area contributed by atoms with E-state index in [0.717, 1.165) is 18.2 Å². The van der Waals surface area contributed by atoms with Crippen LogP contribution in [0.15, 0.2) is 54.6 Å². The fourth-order valence-electron chi connectivity index (χ4n) is 2.08. The van der Waals surface area contributed by atoms with Crippen molar-refractivity contribution in [2.75, 3.05) is 13.7 Å². The van der Waals surface area contributed by atoms with E-state index in [4.69, 9.17) is 9.47 Å². The van der Waals surface area contributed by atoms with Gasteiger partial charge in [0.2, 0.25) is 5.78 Å². The highest BCUT2D eigenvalue weighted by Gasteiger charge is 2.30. The van der Waals surface area contributed by atoms with Crippen molar-refractivity contribution in [2.24, 2.45) is 0 Å². The van der Waals surface area contributed by atoms with E-state index in [2.05, 4.69) is 4.74 Å². The molecule has 0 aliphatic heterocycles. The highest BCUT2D eigenvalue weighted by Crippen LogP contribution is 2.23. The zero-order chi connectivity index (χ0) is 19.9. The fourth-order valence-corrected chi connectivity index (χ4v) is 2.08. The summed E-state index contributed by atoms with van der Waals surface area (Å²) in [5.41, 5.74) is 0.745. The van der Waals surface area contributed by atoms with Crippen molar-refractivity contribution < 1.29 is 37.0 Å². The minimum Gasteiger partial charge on any atom is -0.496 e. The number of carbonyl (C=O) groups is 2. The normalized spacial score (nSPS) is 11.3. The third-order valence-corrected chi connectivity index (χ3v) is 3.28. The molecule has 0 aliphatic rings. The Morgan fingerprint density at radius 3 is 2.33 bits per heavy atom. The van der Waals surface area contributed by atoms with Crippen LogP contribution in [0.1, 0.15) is 15.9 Å². The second kappa shape index (κ2) is 8.88. The van der Waals surface area contributed by atoms with Crippen LogP contribution < -0.4 is 9.47 Å². The molecule has 2 aromatic carbocycles. The minimum atomic E-state index is -4.77. The van der Waals surface area contributed by atoms with Gasteiger partial charge in [-0.05, 0) is 35.9 Å². The third kappa shape index (κ3) is 6.50. The van der Waals surface area contributed by atoms with E-state index in [1.54, 1.807) is 24.3 Å². The van der Waals surface area contributed by atoms with Gasteiger partial charge in [-0.25, -0.2) is 4.79 Å². The highest BCUT2D eigenvalue weighted by atomic mass is 19.4. The molecule has 0 atom stereocenters. The number of methoxy groups -OCH3 is 1. The first-order chi connectivity index (χ1) is 12.8. The van der Waals surface area contributed by atoms with Crippen LogP contribution >= 0.6 is 0 Å². The van der Waals surface area contributed by atoms with E-state index >= 15 is 0 Å². The average molecular weight is 380 g/mol. The minimum absolute atomic E-state index is 0.289. The van der Waals surface area contributed by atoms with E-state index in [-0.39, 0.29) is 11.3 Å². The molecule has 27 heavy (non-hydrogen) atoms. The lowest BCUT2D eigenvalue weighted by atomic mass is 10.1. The Morgan fingerprint density at radius 1 is 1.04 bits per heavy atom. The van der Waals surface area contributed by atoms with Crippen LogP contribution in [0.5, 0.6) is 11.5 Å². The van der Waals surface area contributed by atoms with Crippen LogP contribution in [0.2, 0.25) is 0 Å². The number of Topliss-reactive ketones (excluding diaryl/α,β-unsaturated/α-hetero) is 1. The van der Waals surface area contributed by atoms with Crippen LogP contribution in [-0.2, 0) is 9.53 Å². The summed E-state index contributed by atoms with van der Waals surface area (Å²) < 4.78 is 49.9. The van der Waals surface area contributed by atoms with Gasteiger partial charge in [-0.15, -0.1) is 13.2 Å². The van der Waals surface area contributed by atoms with Gasteiger partial charge in [0.1, 0.15) is 11.5 Å². The monoisotopic (exact) mass is 380 g/mol.